The highest BCUT2D eigenvalue weighted by Crippen LogP contribution is 2.27. The SMILES string of the molecule is CCC(=O)C[C@H](O)C1CCCCC1. The van der Waals surface area contributed by atoms with E-state index in [1.165, 1.54) is 19.3 Å². The molecule has 1 rings (SSSR count). The highest BCUT2D eigenvalue weighted by Gasteiger charge is 2.22. The van der Waals surface area contributed by atoms with Gasteiger partial charge in [-0.2, -0.15) is 0 Å². The fraction of sp³-hybridized carbons (Fsp3) is 0.909. The summed E-state index contributed by atoms with van der Waals surface area (Å²) < 4.78 is 0. The molecule has 0 aliphatic heterocycles. The second-order valence-electron chi connectivity index (χ2n) is 4.06. The zero-order chi connectivity index (χ0) is 9.68. The Morgan fingerprint density at radius 3 is 2.54 bits per heavy atom. The Hall–Kier alpha value is -0.370. The number of carbonyl (C=O) groups excluding carboxylic acids is 1. The molecule has 1 saturated carbocycles. The number of Topliss-reactive ketones (excluding diaryl/α,β-unsaturated/α-hetero) is 1. The minimum Gasteiger partial charge on any atom is -0.392 e. The van der Waals surface area contributed by atoms with Crippen molar-refractivity contribution < 1.29 is 9.90 Å². The van der Waals surface area contributed by atoms with E-state index in [0.717, 1.165) is 12.8 Å². The summed E-state index contributed by atoms with van der Waals surface area (Å²) in [7, 11) is 0. The van der Waals surface area contributed by atoms with Crippen molar-refractivity contribution in [2.75, 3.05) is 0 Å². The van der Waals surface area contributed by atoms with Crippen LogP contribution in [0, 0.1) is 5.92 Å². The van der Waals surface area contributed by atoms with E-state index in [2.05, 4.69) is 0 Å². The molecule has 2 heteroatoms. The smallest absolute Gasteiger partial charge is 0.135 e. The minimum atomic E-state index is -0.368. The summed E-state index contributed by atoms with van der Waals surface area (Å²) in [6, 6.07) is 0. The van der Waals surface area contributed by atoms with Crippen LogP contribution in [0.3, 0.4) is 0 Å². The molecule has 1 aliphatic rings. The van der Waals surface area contributed by atoms with Gasteiger partial charge in [0, 0.05) is 12.8 Å². The molecule has 1 fully saturated rings. The first-order valence-corrected chi connectivity index (χ1v) is 5.43. The van der Waals surface area contributed by atoms with Gasteiger partial charge in [0.1, 0.15) is 5.78 Å². The van der Waals surface area contributed by atoms with Crippen LogP contribution >= 0.6 is 0 Å². The standard InChI is InChI=1S/C11H20O2/c1-2-10(12)8-11(13)9-6-4-3-5-7-9/h9,11,13H,2-8H2,1H3/t11-/m0/s1. The van der Waals surface area contributed by atoms with Crippen molar-refractivity contribution in [3.05, 3.63) is 0 Å². The monoisotopic (exact) mass is 184 g/mol. The number of carbonyl (C=O) groups is 1. The lowest BCUT2D eigenvalue weighted by Gasteiger charge is -2.25. The van der Waals surface area contributed by atoms with E-state index in [0.29, 0.717) is 18.8 Å². The third kappa shape index (κ3) is 3.47. The van der Waals surface area contributed by atoms with Crippen molar-refractivity contribution in [2.24, 2.45) is 5.92 Å². The molecule has 0 spiro atoms. The summed E-state index contributed by atoms with van der Waals surface area (Å²) >= 11 is 0. The number of hydrogen-bond donors (Lipinski definition) is 1. The lowest BCUT2D eigenvalue weighted by Crippen LogP contribution is -2.25. The Balaban J connectivity index is 2.28. The molecule has 0 unspecified atom stereocenters. The van der Waals surface area contributed by atoms with Crippen LogP contribution < -0.4 is 0 Å². The fourth-order valence-electron chi connectivity index (χ4n) is 2.06. The van der Waals surface area contributed by atoms with E-state index < -0.39 is 0 Å². The molecule has 0 aromatic heterocycles. The third-order valence-corrected chi connectivity index (χ3v) is 3.03. The molecular formula is C11H20O2. The van der Waals surface area contributed by atoms with E-state index in [4.69, 9.17) is 0 Å². The van der Waals surface area contributed by atoms with Gasteiger partial charge < -0.3 is 5.11 Å². The first kappa shape index (κ1) is 10.7. The molecule has 0 aromatic rings. The highest BCUT2D eigenvalue weighted by molar-refractivity contribution is 5.78. The van der Waals surface area contributed by atoms with Crippen LogP contribution in [0.15, 0.2) is 0 Å². The molecule has 1 N–H and O–H groups in total. The first-order valence-electron chi connectivity index (χ1n) is 5.43. The summed E-state index contributed by atoms with van der Waals surface area (Å²) in [6.45, 7) is 1.86. The van der Waals surface area contributed by atoms with Gasteiger partial charge in [0.25, 0.3) is 0 Å². The predicted molar refractivity (Wildman–Crippen MR) is 52.5 cm³/mol. The van der Waals surface area contributed by atoms with Crippen molar-refractivity contribution in [2.45, 2.75) is 58.0 Å². The molecule has 0 heterocycles. The van der Waals surface area contributed by atoms with Crippen LogP contribution in [0.25, 0.3) is 0 Å². The number of rotatable bonds is 4. The van der Waals surface area contributed by atoms with Crippen molar-refractivity contribution in [3.63, 3.8) is 0 Å². The number of hydrogen-bond acceptors (Lipinski definition) is 2. The molecule has 0 saturated heterocycles. The summed E-state index contributed by atoms with van der Waals surface area (Å²) in [4.78, 5) is 11.1. The molecule has 1 atom stereocenters. The molecular weight excluding hydrogens is 164 g/mol. The van der Waals surface area contributed by atoms with Crippen LogP contribution in [0.5, 0.6) is 0 Å². The van der Waals surface area contributed by atoms with Gasteiger partial charge in [-0.1, -0.05) is 26.2 Å². The molecule has 1 aliphatic carbocycles. The lowest BCUT2D eigenvalue weighted by molar-refractivity contribution is -0.121. The lowest BCUT2D eigenvalue weighted by atomic mass is 9.83. The van der Waals surface area contributed by atoms with Gasteiger partial charge in [0.05, 0.1) is 6.10 Å². The summed E-state index contributed by atoms with van der Waals surface area (Å²) in [6.07, 6.45) is 6.53. The topological polar surface area (TPSA) is 37.3 Å². The maximum atomic E-state index is 11.1. The Kier molecular flexibility index (Phi) is 4.43. The molecule has 76 valence electrons. The number of aliphatic hydroxyl groups is 1. The minimum absolute atomic E-state index is 0.193. The average Bonchev–Trinajstić information content (AvgIpc) is 2.19. The largest absolute Gasteiger partial charge is 0.392 e. The van der Waals surface area contributed by atoms with Crippen LogP contribution in [0.4, 0.5) is 0 Å². The van der Waals surface area contributed by atoms with Gasteiger partial charge in [0.15, 0.2) is 0 Å². The second kappa shape index (κ2) is 5.38. The Bertz CT molecular complexity index is 159. The summed E-state index contributed by atoms with van der Waals surface area (Å²) in [5.74, 6) is 0.585. The predicted octanol–water partition coefficient (Wildman–Crippen LogP) is 2.30. The third-order valence-electron chi connectivity index (χ3n) is 3.03. The van der Waals surface area contributed by atoms with Gasteiger partial charge >= 0.3 is 0 Å². The molecule has 0 radical (unpaired) electrons. The van der Waals surface area contributed by atoms with E-state index >= 15 is 0 Å². The number of aliphatic hydroxyl groups excluding tert-OH is 1. The highest BCUT2D eigenvalue weighted by atomic mass is 16.3. The van der Waals surface area contributed by atoms with Gasteiger partial charge in [-0.05, 0) is 18.8 Å². The number of ketones is 1. The molecule has 2 nitrogen and oxygen atoms in total. The Morgan fingerprint density at radius 1 is 1.38 bits per heavy atom. The van der Waals surface area contributed by atoms with Crippen molar-refractivity contribution >= 4 is 5.78 Å². The zero-order valence-electron chi connectivity index (χ0n) is 8.46. The normalized spacial score (nSPS) is 21.4. The quantitative estimate of drug-likeness (QED) is 0.728. The van der Waals surface area contributed by atoms with Crippen LogP contribution in [-0.2, 0) is 4.79 Å². The van der Waals surface area contributed by atoms with E-state index in [9.17, 15) is 9.90 Å². The van der Waals surface area contributed by atoms with Gasteiger partial charge in [-0.15, -0.1) is 0 Å². The molecule has 0 aromatic carbocycles. The van der Waals surface area contributed by atoms with Gasteiger partial charge in [0.2, 0.25) is 0 Å². The second-order valence-corrected chi connectivity index (χ2v) is 4.06. The Morgan fingerprint density at radius 2 is 2.00 bits per heavy atom. The summed E-state index contributed by atoms with van der Waals surface area (Å²) in [5.41, 5.74) is 0. The maximum absolute atomic E-state index is 11.1. The van der Waals surface area contributed by atoms with Crippen molar-refractivity contribution in [1.29, 1.82) is 0 Å². The first-order chi connectivity index (χ1) is 6.24. The van der Waals surface area contributed by atoms with E-state index in [1.54, 1.807) is 0 Å². The summed E-state index contributed by atoms with van der Waals surface area (Å²) in [5, 5.41) is 9.75. The van der Waals surface area contributed by atoms with Crippen LogP contribution in [0.2, 0.25) is 0 Å². The zero-order valence-corrected chi connectivity index (χ0v) is 8.46. The van der Waals surface area contributed by atoms with Crippen LogP contribution in [-0.4, -0.2) is 17.0 Å². The van der Waals surface area contributed by atoms with Crippen molar-refractivity contribution in [1.82, 2.24) is 0 Å². The van der Waals surface area contributed by atoms with Gasteiger partial charge in [-0.25, -0.2) is 0 Å². The van der Waals surface area contributed by atoms with E-state index in [1.807, 2.05) is 6.92 Å². The molecule has 13 heavy (non-hydrogen) atoms. The fourth-order valence-corrected chi connectivity index (χ4v) is 2.06. The van der Waals surface area contributed by atoms with Gasteiger partial charge in [-0.3, -0.25) is 4.79 Å². The van der Waals surface area contributed by atoms with E-state index in [-0.39, 0.29) is 11.9 Å². The maximum Gasteiger partial charge on any atom is 0.135 e. The van der Waals surface area contributed by atoms with Crippen LogP contribution in [0.1, 0.15) is 51.9 Å². The molecule has 0 bridgehead atoms. The molecule has 0 amide bonds. The average molecular weight is 184 g/mol. The Labute approximate surface area is 80.3 Å². The van der Waals surface area contributed by atoms with Crippen molar-refractivity contribution in [3.8, 4) is 0 Å².